The second-order valence-electron chi connectivity index (χ2n) is 10.4. The SMILES string of the molecule is CCCCCCCCCCCC/C=C/CCCCCC[N+](C(C)C(=O)O)(C(C)C(=O)O)C(C)C(=O)O. The molecule has 36 heavy (non-hydrogen) atoms. The molecule has 0 aromatic heterocycles. The van der Waals surface area contributed by atoms with E-state index in [-0.39, 0.29) is 6.54 Å². The van der Waals surface area contributed by atoms with Gasteiger partial charge in [0.15, 0.2) is 18.1 Å². The van der Waals surface area contributed by atoms with Crippen LogP contribution in [0.25, 0.3) is 0 Å². The molecule has 3 N–H and O–H groups in total. The number of aliphatic carboxylic acids is 3. The number of nitrogens with zero attached hydrogens (tertiary/aromatic N) is 1. The second-order valence-corrected chi connectivity index (χ2v) is 10.4. The minimum Gasteiger partial charge on any atom is -0.477 e. The Kier molecular flexibility index (Phi) is 19.1. The first-order chi connectivity index (χ1) is 17.1. The molecule has 0 spiro atoms. The Morgan fingerprint density at radius 2 is 0.861 bits per heavy atom. The van der Waals surface area contributed by atoms with E-state index in [0.29, 0.717) is 6.42 Å². The van der Waals surface area contributed by atoms with Crippen molar-refractivity contribution in [2.24, 2.45) is 0 Å². The summed E-state index contributed by atoms with van der Waals surface area (Å²) in [5.41, 5.74) is 0. The highest BCUT2D eigenvalue weighted by atomic mass is 16.4. The number of carboxylic acids is 3. The first-order valence-electron chi connectivity index (χ1n) is 14.3. The molecule has 0 amide bonds. The van der Waals surface area contributed by atoms with Crippen molar-refractivity contribution in [1.29, 1.82) is 0 Å². The van der Waals surface area contributed by atoms with E-state index < -0.39 is 40.5 Å². The molecule has 0 aliphatic heterocycles. The third-order valence-electron chi connectivity index (χ3n) is 7.79. The number of allylic oxidation sites excluding steroid dienone is 2. The molecule has 0 aromatic carbocycles. The van der Waals surface area contributed by atoms with Crippen LogP contribution in [0, 0.1) is 0 Å². The minimum absolute atomic E-state index is 0.211. The van der Waals surface area contributed by atoms with Crippen molar-refractivity contribution in [2.45, 2.75) is 149 Å². The lowest BCUT2D eigenvalue weighted by molar-refractivity contribution is -0.968. The molecule has 7 nitrogen and oxygen atoms in total. The van der Waals surface area contributed by atoms with Gasteiger partial charge in [0, 0.05) is 0 Å². The van der Waals surface area contributed by atoms with Crippen LogP contribution in [0.15, 0.2) is 12.2 Å². The van der Waals surface area contributed by atoms with Crippen molar-refractivity contribution in [3.63, 3.8) is 0 Å². The molecule has 0 radical (unpaired) electrons. The smallest absolute Gasteiger partial charge is 0.362 e. The van der Waals surface area contributed by atoms with Gasteiger partial charge in [-0.3, -0.25) is 4.48 Å². The number of rotatable bonds is 24. The summed E-state index contributed by atoms with van der Waals surface area (Å²) >= 11 is 0. The van der Waals surface area contributed by atoms with Crippen molar-refractivity contribution in [3.05, 3.63) is 12.2 Å². The molecule has 0 aliphatic carbocycles. The number of hydrogen-bond donors (Lipinski definition) is 3. The third kappa shape index (κ3) is 12.9. The molecule has 7 heteroatoms. The van der Waals surface area contributed by atoms with Crippen molar-refractivity contribution >= 4 is 17.9 Å². The Balaban J connectivity index is 4.26. The Bertz CT molecular complexity index is 597. The van der Waals surface area contributed by atoms with Crippen LogP contribution in [0.2, 0.25) is 0 Å². The standard InChI is InChI=1S/C29H53NO6/c1-5-6-7-8-9-10-11-12-13-14-15-16-17-18-19-20-21-22-23-30(24(2)27(31)32,25(3)28(33)34)26(4)29(35)36/h16-17,24-26H,5-15,18-23H2,1-4H3,(H2-,31,32,33,34,35,36)/p+1/b17-16+. The van der Waals surface area contributed by atoms with Crippen LogP contribution in [-0.2, 0) is 14.4 Å². The molecule has 210 valence electrons. The van der Waals surface area contributed by atoms with Crippen molar-refractivity contribution in [2.75, 3.05) is 6.54 Å². The lowest BCUT2D eigenvalue weighted by atomic mass is 10.00. The molecule has 0 saturated carbocycles. The van der Waals surface area contributed by atoms with Crippen LogP contribution < -0.4 is 0 Å². The molecular formula is C29H54NO6+. The largest absolute Gasteiger partial charge is 0.477 e. The van der Waals surface area contributed by atoms with Crippen LogP contribution >= 0.6 is 0 Å². The van der Waals surface area contributed by atoms with Gasteiger partial charge < -0.3 is 15.3 Å². The minimum atomic E-state index is -1.18. The van der Waals surface area contributed by atoms with Crippen LogP contribution in [-0.4, -0.2) is 62.4 Å². The Morgan fingerprint density at radius 1 is 0.556 bits per heavy atom. The van der Waals surface area contributed by atoms with Gasteiger partial charge in [0.05, 0.1) is 6.54 Å². The molecule has 0 aliphatic rings. The lowest BCUT2D eigenvalue weighted by Crippen LogP contribution is -2.70. The average Bonchev–Trinajstić information content (AvgIpc) is 2.84. The molecule has 3 unspecified atom stereocenters. The van der Waals surface area contributed by atoms with Crippen LogP contribution in [0.4, 0.5) is 0 Å². The number of quaternary nitrogens is 1. The lowest BCUT2D eigenvalue weighted by Gasteiger charge is -2.47. The molecule has 0 bridgehead atoms. The van der Waals surface area contributed by atoms with Gasteiger partial charge in [-0.1, -0.05) is 83.3 Å². The maximum absolute atomic E-state index is 11.8. The molecular weight excluding hydrogens is 458 g/mol. The number of carbonyl (C=O) groups is 3. The molecule has 0 rings (SSSR count). The van der Waals surface area contributed by atoms with Gasteiger partial charge in [0.1, 0.15) is 0 Å². The van der Waals surface area contributed by atoms with E-state index in [2.05, 4.69) is 19.1 Å². The second kappa shape index (κ2) is 20.2. The zero-order valence-electron chi connectivity index (χ0n) is 23.4. The molecule has 0 heterocycles. The van der Waals surface area contributed by atoms with Gasteiger partial charge in [0.25, 0.3) is 0 Å². The first-order valence-corrected chi connectivity index (χ1v) is 14.3. The van der Waals surface area contributed by atoms with E-state index in [1.165, 1.54) is 85.0 Å². The van der Waals surface area contributed by atoms with Gasteiger partial charge in [-0.05, 0) is 59.3 Å². The van der Waals surface area contributed by atoms with Crippen molar-refractivity contribution in [1.82, 2.24) is 0 Å². The van der Waals surface area contributed by atoms with Crippen LogP contribution in [0.3, 0.4) is 0 Å². The molecule has 0 fully saturated rings. The number of hydrogen-bond acceptors (Lipinski definition) is 3. The summed E-state index contributed by atoms with van der Waals surface area (Å²) in [5, 5.41) is 28.9. The first kappa shape index (κ1) is 34.1. The Morgan fingerprint density at radius 3 is 1.19 bits per heavy atom. The maximum atomic E-state index is 11.8. The summed E-state index contributed by atoms with van der Waals surface area (Å²) in [7, 11) is 0. The summed E-state index contributed by atoms with van der Waals surface area (Å²) in [6.07, 6.45) is 23.5. The van der Waals surface area contributed by atoms with Gasteiger partial charge in [-0.15, -0.1) is 0 Å². The fourth-order valence-corrected chi connectivity index (χ4v) is 5.19. The number of carboxylic acid groups (broad SMARTS) is 3. The molecule has 0 aromatic rings. The van der Waals surface area contributed by atoms with E-state index in [9.17, 15) is 29.7 Å². The predicted octanol–water partition coefficient (Wildman–Crippen LogP) is 7.04. The topological polar surface area (TPSA) is 112 Å². The van der Waals surface area contributed by atoms with E-state index in [1.54, 1.807) is 0 Å². The predicted molar refractivity (Wildman–Crippen MR) is 145 cm³/mol. The van der Waals surface area contributed by atoms with Gasteiger partial charge in [-0.2, -0.15) is 0 Å². The zero-order chi connectivity index (χ0) is 27.4. The monoisotopic (exact) mass is 512 g/mol. The number of unbranched alkanes of at least 4 members (excludes halogenated alkanes) is 14. The fraction of sp³-hybridized carbons (Fsp3) is 0.828. The maximum Gasteiger partial charge on any atom is 0.362 e. The highest BCUT2D eigenvalue weighted by Crippen LogP contribution is 2.27. The highest BCUT2D eigenvalue weighted by Gasteiger charge is 2.52. The van der Waals surface area contributed by atoms with Gasteiger partial charge in [0.2, 0.25) is 0 Å². The third-order valence-corrected chi connectivity index (χ3v) is 7.79. The van der Waals surface area contributed by atoms with Crippen LogP contribution in [0.1, 0.15) is 130 Å². The molecule has 0 saturated heterocycles. The normalized spacial score (nSPS) is 15.9. The highest BCUT2D eigenvalue weighted by molar-refractivity contribution is 5.77. The van der Waals surface area contributed by atoms with Crippen molar-refractivity contribution in [3.8, 4) is 0 Å². The summed E-state index contributed by atoms with van der Waals surface area (Å²) in [6, 6.07) is -3.39. The summed E-state index contributed by atoms with van der Waals surface area (Å²) < 4.78 is -0.487. The fourth-order valence-electron chi connectivity index (χ4n) is 5.19. The van der Waals surface area contributed by atoms with E-state index in [0.717, 1.165) is 32.1 Å². The summed E-state index contributed by atoms with van der Waals surface area (Å²) in [4.78, 5) is 35.3. The van der Waals surface area contributed by atoms with E-state index in [1.807, 2.05) is 0 Å². The Hall–Kier alpha value is -1.89. The van der Waals surface area contributed by atoms with E-state index in [4.69, 9.17) is 0 Å². The Labute approximate surface area is 219 Å². The molecule has 3 atom stereocenters. The summed E-state index contributed by atoms with van der Waals surface area (Å²) in [6.45, 7) is 6.72. The van der Waals surface area contributed by atoms with Crippen molar-refractivity contribution < 1.29 is 34.2 Å². The quantitative estimate of drug-likeness (QED) is 0.0726. The van der Waals surface area contributed by atoms with Gasteiger partial charge >= 0.3 is 17.9 Å². The average molecular weight is 513 g/mol. The van der Waals surface area contributed by atoms with Gasteiger partial charge in [-0.25, -0.2) is 14.4 Å². The van der Waals surface area contributed by atoms with Crippen LogP contribution in [0.5, 0.6) is 0 Å². The zero-order valence-corrected chi connectivity index (χ0v) is 23.4. The van der Waals surface area contributed by atoms with E-state index >= 15 is 0 Å². The summed E-state index contributed by atoms with van der Waals surface area (Å²) in [5.74, 6) is -3.53.